The second-order valence-corrected chi connectivity index (χ2v) is 11.9. The second-order valence-electron chi connectivity index (χ2n) is 10.8. The zero-order valence-electron chi connectivity index (χ0n) is 21.4. The Balaban J connectivity index is 1.34. The van der Waals surface area contributed by atoms with Gasteiger partial charge in [0.2, 0.25) is 0 Å². The van der Waals surface area contributed by atoms with Crippen LogP contribution < -0.4 is 9.75 Å². The fourth-order valence-electron chi connectivity index (χ4n) is 7.08. The van der Waals surface area contributed by atoms with Crippen molar-refractivity contribution in [1.29, 1.82) is 0 Å². The molecule has 0 amide bonds. The average Bonchev–Trinajstić information content (AvgIpc) is 3.66. The highest BCUT2D eigenvalue weighted by molar-refractivity contribution is 7.17. The fourth-order valence-corrected chi connectivity index (χ4v) is 8.26. The first-order chi connectivity index (χ1) is 19.3. The summed E-state index contributed by atoms with van der Waals surface area (Å²) < 4.78 is 5.24. The van der Waals surface area contributed by atoms with Crippen LogP contribution in [0, 0.1) is 0 Å². The quantitative estimate of drug-likeness (QED) is 0.218. The molecule has 0 spiro atoms. The Kier molecular flexibility index (Phi) is 4.44. The molecule has 0 saturated heterocycles. The van der Waals surface area contributed by atoms with E-state index in [9.17, 15) is 0 Å². The van der Waals surface area contributed by atoms with Crippen LogP contribution in [-0.2, 0) is 6.42 Å². The van der Waals surface area contributed by atoms with E-state index in [2.05, 4.69) is 120 Å². The molecule has 0 saturated carbocycles. The highest BCUT2D eigenvalue weighted by atomic mass is 32.1. The first kappa shape index (κ1) is 21.5. The molecule has 0 N–H and O–H groups in total. The molecule has 2 heterocycles. The lowest BCUT2D eigenvalue weighted by molar-refractivity contribution is 1.08. The molecule has 2 aliphatic rings. The van der Waals surface area contributed by atoms with E-state index in [-0.39, 0.29) is 0 Å². The maximum Gasteiger partial charge on any atom is 0.0541 e. The summed E-state index contributed by atoms with van der Waals surface area (Å²) in [6, 6.07) is 40.5. The predicted octanol–water partition coefficient (Wildman–Crippen LogP) is 8.34. The normalized spacial score (nSPS) is 14.0. The van der Waals surface area contributed by atoms with E-state index in [1.165, 1.54) is 80.7 Å². The number of hydrogen-bond acceptors (Lipinski definition) is 1. The Morgan fingerprint density at radius 3 is 2.18 bits per heavy atom. The SMILES string of the molecule is C1=c2sc3ccc(-n4c5ccccc5c5ccccc54)cc3c2=C(c2cccc3c2Cc2ccccc2-3)CC1. The van der Waals surface area contributed by atoms with Crippen LogP contribution in [-0.4, -0.2) is 4.57 Å². The number of para-hydroxylation sites is 2. The Bertz CT molecular complexity index is 2210. The minimum atomic E-state index is 1.03. The molecule has 2 aromatic heterocycles. The summed E-state index contributed by atoms with van der Waals surface area (Å²) in [7, 11) is 0. The molecule has 0 radical (unpaired) electrons. The number of nitrogens with zero attached hydrogens (tertiary/aromatic N) is 1. The Morgan fingerprint density at radius 1 is 0.615 bits per heavy atom. The third-order valence-electron chi connectivity index (χ3n) is 8.74. The van der Waals surface area contributed by atoms with Gasteiger partial charge in [-0.2, -0.15) is 0 Å². The lowest BCUT2D eigenvalue weighted by Crippen LogP contribution is -2.25. The van der Waals surface area contributed by atoms with Crippen LogP contribution in [0.3, 0.4) is 0 Å². The van der Waals surface area contributed by atoms with Gasteiger partial charge in [-0.25, -0.2) is 0 Å². The maximum atomic E-state index is 2.46. The first-order valence-corrected chi connectivity index (χ1v) is 14.6. The fraction of sp³-hybridized carbons (Fsp3) is 0.0811. The van der Waals surface area contributed by atoms with Crippen molar-refractivity contribution in [1.82, 2.24) is 4.57 Å². The molecule has 5 aromatic carbocycles. The zero-order chi connectivity index (χ0) is 25.5. The Morgan fingerprint density at radius 2 is 1.33 bits per heavy atom. The molecular formula is C37H25NS. The summed E-state index contributed by atoms with van der Waals surface area (Å²) in [6.45, 7) is 0. The topological polar surface area (TPSA) is 4.93 Å². The number of benzene rings is 5. The van der Waals surface area contributed by atoms with Gasteiger partial charge in [0, 0.05) is 36.3 Å². The summed E-state index contributed by atoms with van der Waals surface area (Å²) in [5.74, 6) is 0. The van der Waals surface area contributed by atoms with Gasteiger partial charge < -0.3 is 4.57 Å². The molecule has 7 aromatic rings. The molecule has 0 aliphatic heterocycles. The molecule has 9 rings (SSSR count). The molecule has 2 aliphatic carbocycles. The molecule has 1 nitrogen and oxygen atoms in total. The van der Waals surface area contributed by atoms with Gasteiger partial charge in [0.05, 0.1) is 11.0 Å². The van der Waals surface area contributed by atoms with Crippen molar-refractivity contribution in [2.75, 3.05) is 0 Å². The summed E-state index contributed by atoms with van der Waals surface area (Å²) in [5, 5.41) is 5.45. The van der Waals surface area contributed by atoms with Crippen LogP contribution in [0.4, 0.5) is 0 Å². The van der Waals surface area contributed by atoms with Crippen LogP contribution in [0.15, 0.2) is 109 Å². The second kappa shape index (κ2) is 8.05. The van der Waals surface area contributed by atoms with Gasteiger partial charge in [-0.3, -0.25) is 0 Å². The number of hydrogen-bond donors (Lipinski definition) is 0. The summed E-state index contributed by atoms with van der Waals surface area (Å²) in [6.07, 6.45) is 5.68. The highest BCUT2D eigenvalue weighted by Crippen LogP contribution is 2.41. The number of thiophene rings is 1. The number of aromatic nitrogens is 1. The molecule has 39 heavy (non-hydrogen) atoms. The van der Waals surface area contributed by atoms with E-state index < -0.39 is 0 Å². The van der Waals surface area contributed by atoms with Crippen LogP contribution in [0.25, 0.3) is 60.4 Å². The average molecular weight is 516 g/mol. The monoisotopic (exact) mass is 515 g/mol. The molecule has 0 fully saturated rings. The Labute approximate surface area is 230 Å². The first-order valence-electron chi connectivity index (χ1n) is 13.8. The summed E-state index contributed by atoms with van der Waals surface area (Å²) in [5.41, 5.74) is 12.5. The van der Waals surface area contributed by atoms with Crippen molar-refractivity contribution in [3.05, 3.63) is 136 Å². The third kappa shape index (κ3) is 3.01. The standard InChI is InChI=1S/C37H25NS/c1-2-10-25-23(9-1)21-31-26(25)13-7-14-27(31)30-15-8-18-36-37(30)32-22-24(19-20-35(32)39-36)38-33-16-5-3-11-28(33)29-12-4-6-17-34(29)38/h1-7,9-14,16-20,22H,8,15,21H2. The number of fused-ring (bicyclic) bond motifs is 9. The van der Waals surface area contributed by atoms with Gasteiger partial charge in [0.1, 0.15) is 0 Å². The zero-order valence-corrected chi connectivity index (χ0v) is 22.3. The summed E-state index contributed by atoms with van der Waals surface area (Å²) in [4.78, 5) is 0. The van der Waals surface area contributed by atoms with Crippen molar-refractivity contribution in [3.63, 3.8) is 0 Å². The van der Waals surface area contributed by atoms with Crippen molar-refractivity contribution in [2.24, 2.45) is 0 Å². The predicted molar refractivity (Wildman–Crippen MR) is 166 cm³/mol. The van der Waals surface area contributed by atoms with Crippen LogP contribution in [0.2, 0.25) is 0 Å². The molecule has 2 heteroatoms. The van der Waals surface area contributed by atoms with E-state index in [1.54, 1.807) is 0 Å². The lowest BCUT2D eigenvalue weighted by atomic mass is 9.89. The molecular weight excluding hydrogens is 490 g/mol. The van der Waals surface area contributed by atoms with Gasteiger partial charge in [-0.05, 0) is 83.0 Å². The maximum absolute atomic E-state index is 2.46. The minimum Gasteiger partial charge on any atom is -0.309 e. The third-order valence-corrected chi connectivity index (χ3v) is 9.91. The van der Waals surface area contributed by atoms with E-state index in [1.807, 2.05) is 11.3 Å². The minimum absolute atomic E-state index is 1.03. The molecule has 0 bridgehead atoms. The smallest absolute Gasteiger partial charge is 0.0541 e. The summed E-state index contributed by atoms with van der Waals surface area (Å²) >= 11 is 1.95. The molecule has 0 unspecified atom stereocenters. The van der Waals surface area contributed by atoms with E-state index in [4.69, 9.17) is 0 Å². The van der Waals surface area contributed by atoms with Gasteiger partial charge >= 0.3 is 0 Å². The van der Waals surface area contributed by atoms with Crippen molar-refractivity contribution in [3.8, 4) is 16.8 Å². The van der Waals surface area contributed by atoms with Crippen molar-refractivity contribution >= 4 is 54.9 Å². The van der Waals surface area contributed by atoms with E-state index in [0.717, 1.165) is 19.3 Å². The van der Waals surface area contributed by atoms with E-state index in [0.29, 0.717) is 0 Å². The van der Waals surface area contributed by atoms with Gasteiger partial charge in [0.15, 0.2) is 0 Å². The van der Waals surface area contributed by atoms with Gasteiger partial charge in [0.25, 0.3) is 0 Å². The van der Waals surface area contributed by atoms with Crippen molar-refractivity contribution < 1.29 is 0 Å². The highest BCUT2D eigenvalue weighted by Gasteiger charge is 2.23. The van der Waals surface area contributed by atoms with Gasteiger partial charge in [-0.1, -0.05) is 84.9 Å². The largest absolute Gasteiger partial charge is 0.309 e. The van der Waals surface area contributed by atoms with Crippen LogP contribution >= 0.6 is 11.3 Å². The van der Waals surface area contributed by atoms with Crippen LogP contribution in [0.1, 0.15) is 29.5 Å². The van der Waals surface area contributed by atoms with E-state index >= 15 is 0 Å². The lowest BCUT2D eigenvalue weighted by Gasteiger charge is -2.15. The van der Waals surface area contributed by atoms with Gasteiger partial charge in [-0.15, -0.1) is 11.3 Å². The Hall–Kier alpha value is -4.40. The molecule has 0 atom stereocenters. The van der Waals surface area contributed by atoms with Crippen LogP contribution in [0.5, 0.6) is 0 Å². The number of rotatable bonds is 2. The van der Waals surface area contributed by atoms with Crippen molar-refractivity contribution in [2.45, 2.75) is 19.3 Å². The molecule has 184 valence electrons.